The minimum atomic E-state index is -2.21. The third-order valence-electron chi connectivity index (χ3n) is 8.75. The van der Waals surface area contributed by atoms with Crippen LogP contribution in [0.2, 0.25) is 0 Å². The number of amides is 2. The highest BCUT2D eigenvalue weighted by Crippen LogP contribution is 2.61. The summed E-state index contributed by atoms with van der Waals surface area (Å²) in [5, 5.41) is 13.8. The molecule has 2 aromatic carbocycles. The second kappa shape index (κ2) is 11.2. The average molecular weight is 593 g/mol. The first kappa shape index (κ1) is 30.1. The summed E-state index contributed by atoms with van der Waals surface area (Å²) in [5.74, 6) is -0.745. The molecular weight excluding hydrogens is 563 g/mol. The molecule has 0 saturated carbocycles. The maximum absolute atomic E-state index is 16.2. The van der Waals surface area contributed by atoms with E-state index >= 15 is 4.39 Å². The summed E-state index contributed by atoms with van der Waals surface area (Å²) in [6.07, 6.45) is 3.40. The topological polar surface area (TPSA) is 134 Å². The minimum Gasteiger partial charge on any atom is -0.400 e. The molecule has 44 heavy (non-hydrogen) atoms. The van der Waals surface area contributed by atoms with E-state index in [2.05, 4.69) is 25.3 Å². The number of benzene rings is 2. The monoisotopic (exact) mass is 593 g/mol. The summed E-state index contributed by atoms with van der Waals surface area (Å²) in [5.41, 5.74) is 2.40. The van der Waals surface area contributed by atoms with E-state index in [1.807, 2.05) is 44.2 Å². The van der Waals surface area contributed by atoms with Gasteiger partial charge in [-0.3, -0.25) is 24.8 Å². The highest BCUT2D eigenvalue weighted by molar-refractivity contribution is 6.38. The molecule has 2 amide bonds. The van der Waals surface area contributed by atoms with E-state index in [0.29, 0.717) is 60.9 Å². The molecule has 13 heteroatoms. The molecule has 2 aliphatic heterocycles. The molecule has 2 N–H and O–H groups in total. The van der Waals surface area contributed by atoms with Crippen LogP contribution in [0.5, 0.6) is 0 Å². The fourth-order valence-electron chi connectivity index (χ4n) is 6.20. The van der Waals surface area contributed by atoms with E-state index in [9.17, 15) is 14.7 Å². The maximum atomic E-state index is 16.2. The Kier molecular flexibility index (Phi) is 7.67. The lowest BCUT2D eigenvalue weighted by atomic mass is 9.65. The second-order valence-electron chi connectivity index (χ2n) is 12.0. The van der Waals surface area contributed by atoms with Crippen LogP contribution in [0.4, 0.5) is 4.39 Å². The van der Waals surface area contributed by atoms with Crippen molar-refractivity contribution in [3.63, 3.8) is 0 Å². The zero-order valence-electron chi connectivity index (χ0n) is 24.4. The van der Waals surface area contributed by atoms with Crippen LogP contribution in [0.15, 0.2) is 53.2 Å². The van der Waals surface area contributed by atoms with Crippen molar-refractivity contribution in [3.05, 3.63) is 77.1 Å². The Morgan fingerprint density at radius 1 is 1.27 bits per heavy atom. The predicted octanol–water partition coefficient (Wildman–Crippen LogP) is 2.91. The molecule has 0 bridgehead atoms. The number of carbonyl (C=O) groups excluding carboxylic acids is 2. The highest BCUT2D eigenvalue weighted by Gasteiger charge is 2.70. The number of epoxide rings is 1. The number of pyridine rings is 1. The number of ether oxygens (including phenoxy) is 1. The number of nitrogens with zero attached hydrogens (tertiary/aromatic N) is 4. The number of rotatable bonds is 10. The molecule has 4 heterocycles. The summed E-state index contributed by atoms with van der Waals surface area (Å²) in [4.78, 5) is 33.0. The first-order valence-electron chi connectivity index (χ1n) is 14.4. The van der Waals surface area contributed by atoms with E-state index in [0.717, 1.165) is 11.1 Å². The molecule has 2 aliphatic rings. The highest BCUT2D eigenvalue weighted by atomic mass is 19.1. The van der Waals surface area contributed by atoms with Crippen molar-refractivity contribution in [1.82, 2.24) is 25.3 Å². The van der Waals surface area contributed by atoms with Crippen LogP contribution >= 0.6 is 0 Å². The molecule has 10 nitrogen and oxygen atoms in total. The van der Waals surface area contributed by atoms with Crippen molar-refractivity contribution in [2.45, 2.75) is 62.2 Å². The molecule has 0 aliphatic carbocycles. The van der Waals surface area contributed by atoms with Crippen molar-refractivity contribution in [2.75, 3.05) is 13.1 Å². The summed E-state index contributed by atoms with van der Waals surface area (Å²) in [7, 11) is 10.8. The number of piperidine rings is 1. The fraction of sp³-hybridized carbons (Fsp3) is 0.387. The Morgan fingerprint density at radius 3 is 2.73 bits per heavy atom. The van der Waals surface area contributed by atoms with Crippen LogP contribution in [0.1, 0.15) is 61.6 Å². The SMILES string of the molecule is [B]C([B])(O)c1nc(-c2ccc(CN3CCC4(c5ccc6ncc(C(C)CCC(=O)NC=O)cc6c5F)OC4(C)C3)cc2)no1. The van der Waals surface area contributed by atoms with E-state index in [4.69, 9.17) is 25.0 Å². The number of aliphatic hydroxyl groups is 1. The van der Waals surface area contributed by atoms with Crippen molar-refractivity contribution < 1.29 is 28.3 Å². The Hall–Kier alpha value is -3.93. The van der Waals surface area contributed by atoms with Gasteiger partial charge in [0.2, 0.25) is 24.0 Å². The van der Waals surface area contributed by atoms with Gasteiger partial charge < -0.3 is 14.4 Å². The van der Waals surface area contributed by atoms with Gasteiger partial charge in [0, 0.05) is 48.8 Å². The van der Waals surface area contributed by atoms with Gasteiger partial charge in [0.1, 0.15) is 32.7 Å². The van der Waals surface area contributed by atoms with Crippen molar-refractivity contribution in [1.29, 1.82) is 0 Å². The molecule has 3 unspecified atom stereocenters. The van der Waals surface area contributed by atoms with E-state index in [1.165, 1.54) is 0 Å². The number of hydrogen-bond acceptors (Lipinski definition) is 9. The Balaban J connectivity index is 1.14. The summed E-state index contributed by atoms with van der Waals surface area (Å²) in [6, 6.07) is 13.1. The van der Waals surface area contributed by atoms with Gasteiger partial charge in [-0.2, -0.15) is 4.98 Å². The number of likely N-dealkylation sites (tertiary alicyclic amines) is 1. The maximum Gasteiger partial charge on any atom is 0.239 e. The van der Waals surface area contributed by atoms with Gasteiger partial charge in [-0.05, 0) is 48.9 Å². The van der Waals surface area contributed by atoms with Crippen LogP contribution in [0, 0.1) is 5.82 Å². The van der Waals surface area contributed by atoms with Crippen LogP contribution in [0.25, 0.3) is 22.3 Å². The van der Waals surface area contributed by atoms with Gasteiger partial charge in [0.15, 0.2) is 0 Å². The lowest BCUT2D eigenvalue weighted by Crippen LogP contribution is -2.44. The van der Waals surface area contributed by atoms with Crippen molar-refractivity contribution in [2.24, 2.45) is 0 Å². The number of hydrogen-bond donors (Lipinski definition) is 2. The first-order chi connectivity index (χ1) is 20.9. The largest absolute Gasteiger partial charge is 0.400 e. The Morgan fingerprint density at radius 2 is 2.05 bits per heavy atom. The van der Waals surface area contributed by atoms with Gasteiger partial charge in [-0.25, -0.2) is 4.39 Å². The van der Waals surface area contributed by atoms with E-state index in [-0.39, 0.29) is 35.8 Å². The van der Waals surface area contributed by atoms with Crippen molar-refractivity contribution >= 4 is 38.9 Å². The molecular formula is C31H30B2FN5O5. The lowest BCUT2D eigenvalue weighted by molar-refractivity contribution is -0.125. The number of imide groups is 1. The molecule has 4 aromatic rings. The van der Waals surface area contributed by atoms with Gasteiger partial charge in [-0.15, -0.1) is 0 Å². The predicted molar refractivity (Wildman–Crippen MR) is 160 cm³/mol. The summed E-state index contributed by atoms with van der Waals surface area (Å²) >= 11 is 0. The molecule has 3 atom stereocenters. The van der Waals surface area contributed by atoms with Crippen molar-refractivity contribution in [3.8, 4) is 11.4 Å². The molecule has 2 aromatic heterocycles. The minimum absolute atomic E-state index is 0.0492. The zero-order valence-corrected chi connectivity index (χ0v) is 24.4. The molecule has 222 valence electrons. The number of carbonyl (C=O) groups is 2. The normalized spacial score (nSPS) is 22.4. The molecule has 2 saturated heterocycles. The average Bonchev–Trinajstić information content (AvgIpc) is 3.32. The third kappa shape index (κ3) is 5.55. The van der Waals surface area contributed by atoms with E-state index in [1.54, 1.807) is 18.3 Å². The number of nitrogens with one attached hydrogen (secondary N) is 1. The quantitative estimate of drug-likeness (QED) is 0.162. The van der Waals surface area contributed by atoms with Gasteiger partial charge >= 0.3 is 0 Å². The van der Waals surface area contributed by atoms with Gasteiger partial charge in [0.05, 0.1) is 10.9 Å². The number of aromatic nitrogens is 3. The molecule has 2 fully saturated rings. The zero-order chi connectivity index (χ0) is 31.3. The summed E-state index contributed by atoms with van der Waals surface area (Å²) < 4.78 is 27.5. The van der Waals surface area contributed by atoms with Gasteiger partial charge in [0.25, 0.3) is 0 Å². The number of fused-ring (bicyclic) bond motifs is 2. The third-order valence-corrected chi connectivity index (χ3v) is 8.75. The fourth-order valence-corrected chi connectivity index (χ4v) is 6.20. The first-order valence-corrected chi connectivity index (χ1v) is 14.4. The summed E-state index contributed by atoms with van der Waals surface area (Å²) in [6.45, 7) is 5.99. The smallest absolute Gasteiger partial charge is 0.239 e. The molecule has 4 radical (unpaired) electrons. The van der Waals surface area contributed by atoms with Crippen LogP contribution < -0.4 is 5.32 Å². The molecule has 0 spiro atoms. The van der Waals surface area contributed by atoms with Gasteiger partial charge in [-0.1, -0.05) is 42.4 Å². The Labute approximate surface area is 256 Å². The van der Waals surface area contributed by atoms with Crippen LogP contribution in [-0.2, 0) is 31.9 Å². The lowest BCUT2D eigenvalue weighted by Gasteiger charge is -2.33. The molecule has 6 rings (SSSR count). The standard InChI is InChI=1S/C31H30B2FN5O5/c1-18(3-10-25(41)36-17-40)21-13-22-24(35-14-21)9-8-23(26(22)34)30-11-12-39(16-29(30,2)44-30)15-19-4-6-20(7-5-19)27-37-28(43-38-27)31(32,33)42/h4-9,13-14,17-18,42H,3,10-12,15-16H2,1-2H3,(H,36,40,41). The van der Waals surface area contributed by atoms with Crippen LogP contribution in [0.3, 0.4) is 0 Å². The van der Waals surface area contributed by atoms with Crippen LogP contribution in [-0.4, -0.2) is 71.8 Å². The second-order valence-corrected chi connectivity index (χ2v) is 12.0. The Bertz CT molecular complexity index is 1730. The van der Waals surface area contributed by atoms with E-state index < -0.39 is 16.6 Å². The number of halogens is 1.